The first-order valence-corrected chi connectivity index (χ1v) is 7.09. The summed E-state index contributed by atoms with van der Waals surface area (Å²) < 4.78 is 8.85. The Balaban J connectivity index is -0.000000124. The van der Waals surface area contributed by atoms with Crippen LogP contribution in [0.15, 0.2) is 25.3 Å². The molecule has 0 spiro atoms. The van der Waals surface area contributed by atoms with Crippen molar-refractivity contribution >= 4 is 11.9 Å². The van der Waals surface area contributed by atoms with Crippen molar-refractivity contribution in [3.05, 3.63) is 25.3 Å². The third kappa shape index (κ3) is 42.7. The van der Waals surface area contributed by atoms with Crippen molar-refractivity contribution in [1.82, 2.24) is 9.80 Å². The maximum absolute atomic E-state index is 10.4. The molecular weight excluding hydrogens is 316 g/mol. The van der Waals surface area contributed by atoms with Crippen LogP contribution in [0.3, 0.4) is 0 Å². The number of rotatable bonds is 7. The summed E-state index contributed by atoms with van der Waals surface area (Å²) in [5.74, 6) is -0.753. The number of aliphatic hydroxyl groups is 2. The van der Waals surface area contributed by atoms with Gasteiger partial charge in [-0.25, -0.2) is 9.59 Å². The van der Waals surface area contributed by atoms with Crippen LogP contribution in [-0.4, -0.2) is 101 Å². The van der Waals surface area contributed by atoms with E-state index in [1.54, 1.807) is 0 Å². The molecule has 0 bridgehead atoms. The van der Waals surface area contributed by atoms with Crippen molar-refractivity contribution < 1.29 is 29.3 Å². The van der Waals surface area contributed by atoms with Crippen LogP contribution in [0.2, 0.25) is 0 Å². The largest absolute Gasteiger partial charge is 0.466 e. The Labute approximate surface area is 146 Å². The molecule has 0 saturated heterocycles. The molecule has 0 aliphatic rings. The van der Waals surface area contributed by atoms with E-state index in [-0.39, 0.29) is 12.6 Å². The van der Waals surface area contributed by atoms with Gasteiger partial charge in [0.05, 0.1) is 13.7 Å². The molecule has 0 fully saturated rings. The molecule has 0 rings (SSSR count). The highest BCUT2D eigenvalue weighted by Crippen LogP contribution is 1.80. The molecule has 8 nitrogen and oxygen atoms in total. The van der Waals surface area contributed by atoms with Crippen molar-refractivity contribution in [1.29, 1.82) is 0 Å². The summed E-state index contributed by atoms with van der Waals surface area (Å²) in [7, 11) is 10.00. The van der Waals surface area contributed by atoms with Crippen LogP contribution in [0.1, 0.15) is 0 Å². The zero-order chi connectivity index (χ0) is 20.0. The van der Waals surface area contributed by atoms with Gasteiger partial charge in [0.2, 0.25) is 0 Å². The van der Waals surface area contributed by atoms with Gasteiger partial charge < -0.3 is 29.5 Å². The van der Waals surface area contributed by atoms with Gasteiger partial charge in [-0.05, 0) is 28.2 Å². The fourth-order valence-corrected chi connectivity index (χ4v) is 0.671. The number of nitrogens with zero attached hydrogens (tertiary/aromatic N) is 2. The molecule has 0 saturated carbocycles. The lowest BCUT2D eigenvalue weighted by molar-refractivity contribution is -0.138. The second-order valence-electron chi connectivity index (χ2n) is 4.43. The molecule has 0 aromatic heterocycles. The summed E-state index contributed by atoms with van der Waals surface area (Å²) in [5, 5.41) is 15.2. The minimum absolute atomic E-state index is 0.257. The van der Waals surface area contributed by atoms with Gasteiger partial charge in [-0.2, -0.15) is 0 Å². The molecule has 8 heteroatoms. The van der Waals surface area contributed by atoms with Gasteiger partial charge in [-0.15, -0.1) is 0 Å². The predicted molar refractivity (Wildman–Crippen MR) is 95.7 cm³/mol. The molecule has 0 amide bonds. The van der Waals surface area contributed by atoms with Gasteiger partial charge >= 0.3 is 11.9 Å². The number of carbonyl (C=O) groups excluding carboxylic acids is 2. The average Bonchev–Trinajstić information content (AvgIpc) is 2.56. The smallest absolute Gasteiger partial charge is 0.330 e. The Kier molecular flexibility index (Phi) is 32.9. The SMILES string of the molecule is C=CC(=O)OC.C=CC(=O)OCCN(C)C.CN(C)CCO.CO. The lowest BCUT2D eigenvalue weighted by atomic mass is 10.6. The summed E-state index contributed by atoms with van der Waals surface area (Å²) in [6.07, 6.45) is 2.27. The number of ether oxygens (including phenoxy) is 2. The van der Waals surface area contributed by atoms with E-state index in [1.165, 1.54) is 7.11 Å². The van der Waals surface area contributed by atoms with Crippen LogP contribution in [0.4, 0.5) is 0 Å². The maximum Gasteiger partial charge on any atom is 0.330 e. The summed E-state index contributed by atoms with van der Waals surface area (Å²) in [5.41, 5.74) is 0. The fraction of sp³-hybridized carbons (Fsp3) is 0.625. The number of carbonyl (C=O) groups is 2. The first-order valence-electron chi connectivity index (χ1n) is 7.09. The molecule has 2 N–H and O–H groups in total. The Hall–Kier alpha value is -1.74. The van der Waals surface area contributed by atoms with E-state index in [0.29, 0.717) is 6.61 Å². The summed E-state index contributed by atoms with van der Waals surface area (Å²) in [6, 6.07) is 0. The van der Waals surface area contributed by atoms with E-state index in [2.05, 4.69) is 17.9 Å². The lowest BCUT2D eigenvalue weighted by Gasteiger charge is -2.07. The molecule has 24 heavy (non-hydrogen) atoms. The van der Waals surface area contributed by atoms with Crippen molar-refractivity contribution in [3.63, 3.8) is 0 Å². The van der Waals surface area contributed by atoms with E-state index >= 15 is 0 Å². The van der Waals surface area contributed by atoms with E-state index in [0.717, 1.165) is 32.4 Å². The summed E-state index contributed by atoms with van der Waals surface area (Å²) in [6.45, 7) is 8.63. The molecule has 0 aliphatic heterocycles. The standard InChI is InChI=1S/C7H13NO2.C4H11NO.C4H6O2.CH4O/c1-4-7(9)10-6-5-8(2)3;1-5(2)3-4-6;1-3-4(5)6-2;1-2/h4H,1,5-6H2,2-3H3;6H,3-4H2,1-2H3;3H,1H2,2H3;2H,1H3. The van der Waals surface area contributed by atoms with Crippen molar-refractivity contribution in [3.8, 4) is 0 Å². The van der Waals surface area contributed by atoms with Gasteiger partial charge in [0.15, 0.2) is 0 Å². The fourth-order valence-electron chi connectivity index (χ4n) is 0.671. The highest BCUT2D eigenvalue weighted by Gasteiger charge is 1.94. The number of hydrogen-bond acceptors (Lipinski definition) is 8. The second kappa shape index (κ2) is 26.2. The van der Waals surface area contributed by atoms with Crippen molar-refractivity contribution in [2.75, 3.05) is 68.7 Å². The normalized spacial score (nSPS) is 8.42. The van der Waals surface area contributed by atoms with E-state index < -0.39 is 5.97 Å². The Bertz CT molecular complexity index is 307. The third-order valence-electron chi connectivity index (χ3n) is 1.86. The van der Waals surface area contributed by atoms with Gasteiger partial charge in [0, 0.05) is 32.4 Å². The minimum atomic E-state index is -0.394. The van der Waals surface area contributed by atoms with Crippen molar-refractivity contribution in [2.24, 2.45) is 0 Å². The van der Waals surface area contributed by atoms with E-state index in [9.17, 15) is 9.59 Å². The highest BCUT2D eigenvalue weighted by atomic mass is 16.5. The number of hydrogen-bond donors (Lipinski definition) is 2. The molecule has 0 heterocycles. The number of aliphatic hydroxyl groups excluding tert-OH is 2. The molecule has 0 aliphatic carbocycles. The monoisotopic (exact) mass is 350 g/mol. The molecule has 0 aromatic carbocycles. The molecule has 0 unspecified atom stereocenters. The Morgan fingerprint density at radius 3 is 1.54 bits per heavy atom. The van der Waals surface area contributed by atoms with Crippen LogP contribution in [0.5, 0.6) is 0 Å². The third-order valence-corrected chi connectivity index (χ3v) is 1.86. The van der Waals surface area contributed by atoms with Crippen LogP contribution in [0, 0.1) is 0 Å². The molecule has 0 atom stereocenters. The second-order valence-corrected chi connectivity index (χ2v) is 4.43. The van der Waals surface area contributed by atoms with Gasteiger partial charge in [0.1, 0.15) is 6.61 Å². The molecule has 0 radical (unpaired) electrons. The first-order chi connectivity index (χ1) is 11.2. The summed E-state index contributed by atoms with van der Waals surface area (Å²) in [4.78, 5) is 24.1. The van der Waals surface area contributed by atoms with Gasteiger partial charge in [-0.1, -0.05) is 13.2 Å². The van der Waals surface area contributed by atoms with Gasteiger partial charge in [-0.3, -0.25) is 0 Å². The molecule has 144 valence electrons. The van der Waals surface area contributed by atoms with Crippen LogP contribution in [0.25, 0.3) is 0 Å². The minimum Gasteiger partial charge on any atom is -0.466 e. The number of esters is 2. The van der Waals surface area contributed by atoms with Crippen LogP contribution in [-0.2, 0) is 19.1 Å². The van der Waals surface area contributed by atoms with Crippen molar-refractivity contribution in [2.45, 2.75) is 0 Å². The zero-order valence-corrected chi connectivity index (χ0v) is 15.8. The first kappa shape index (κ1) is 30.2. The number of likely N-dealkylation sites (N-methyl/N-ethyl adjacent to an activating group) is 2. The van der Waals surface area contributed by atoms with E-state index in [1.807, 2.05) is 38.0 Å². The summed E-state index contributed by atoms with van der Waals surface area (Å²) >= 11 is 0. The van der Waals surface area contributed by atoms with Crippen LogP contribution < -0.4 is 0 Å². The number of methoxy groups -OCH3 is 1. The average molecular weight is 350 g/mol. The van der Waals surface area contributed by atoms with Crippen LogP contribution >= 0.6 is 0 Å². The quantitative estimate of drug-likeness (QED) is 0.480. The molecule has 0 aromatic rings. The zero-order valence-electron chi connectivity index (χ0n) is 15.8. The predicted octanol–water partition coefficient (Wildman–Crippen LogP) is -0.229. The highest BCUT2D eigenvalue weighted by molar-refractivity contribution is 5.81. The Morgan fingerprint density at radius 2 is 1.38 bits per heavy atom. The maximum atomic E-state index is 10.4. The topological polar surface area (TPSA) is 99.5 Å². The Morgan fingerprint density at radius 1 is 0.958 bits per heavy atom. The van der Waals surface area contributed by atoms with Gasteiger partial charge in [0.25, 0.3) is 0 Å². The van der Waals surface area contributed by atoms with E-state index in [4.69, 9.17) is 14.9 Å². The lowest BCUT2D eigenvalue weighted by Crippen LogP contribution is -2.19. The molecular formula is C16H34N2O6.